The number of benzene rings is 1. The van der Waals surface area contributed by atoms with Gasteiger partial charge in [-0.05, 0) is 62.5 Å². The van der Waals surface area contributed by atoms with Crippen LogP contribution in [0.15, 0.2) is 29.6 Å². The van der Waals surface area contributed by atoms with Gasteiger partial charge in [0.1, 0.15) is 29.1 Å². The molecule has 1 aromatic carbocycles. The Kier molecular flexibility index (Phi) is 9.55. The van der Waals surface area contributed by atoms with Crippen molar-refractivity contribution in [3.05, 3.63) is 35.3 Å². The van der Waals surface area contributed by atoms with Crippen molar-refractivity contribution in [2.75, 3.05) is 82.2 Å². The first-order chi connectivity index (χ1) is 21.0. The van der Waals surface area contributed by atoms with Crippen LogP contribution in [0.5, 0.6) is 5.75 Å². The standard InChI is InChI=1S/C30H43N9O3S/c1-37-12-14-38(15-13-37)22-5-10-39(11-6-22)24-4-3-21(19-25(24)41-2)33-30-27(28(31)40)34-26(23-9-18-43-36-23)29(35-30)32-20-7-16-42-17-8-20/h3-4,9,18-20,22,28,40H,5-8,10-17,31H2,1-2H3,(H2,32,33,35). The molecule has 0 saturated carbocycles. The smallest absolute Gasteiger partial charge is 0.158 e. The van der Waals surface area contributed by atoms with Gasteiger partial charge in [0.15, 0.2) is 11.6 Å². The van der Waals surface area contributed by atoms with Gasteiger partial charge < -0.3 is 40.7 Å². The molecule has 6 rings (SSSR count). The fourth-order valence-electron chi connectivity index (χ4n) is 6.21. The lowest BCUT2D eigenvalue weighted by atomic mass is 10.0. The molecular weight excluding hydrogens is 566 g/mol. The second-order valence-electron chi connectivity index (χ2n) is 11.6. The molecular formula is C30H43N9O3S. The number of likely N-dealkylation sites (N-methyl/N-ethyl adjacent to an activating group) is 1. The Labute approximate surface area is 257 Å². The highest BCUT2D eigenvalue weighted by atomic mass is 32.1. The summed E-state index contributed by atoms with van der Waals surface area (Å²) in [4.78, 5) is 17.2. The highest BCUT2D eigenvalue weighted by molar-refractivity contribution is 7.03. The van der Waals surface area contributed by atoms with Gasteiger partial charge in [-0.2, -0.15) is 4.37 Å². The first-order valence-electron chi connectivity index (χ1n) is 15.2. The second kappa shape index (κ2) is 13.7. The van der Waals surface area contributed by atoms with Crippen LogP contribution in [0.1, 0.15) is 37.6 Å². The molecule has 0 aliphatic carbocycles. The van der Waals surface area contributed by atoms with Crippen molar-refractivity contribution in [3.8, 4) is 17.1 Å². The van der Waals surface area contributed by atoms with E-state index in [4.69, 9.17) is 25.2 Å². The second-order valence-corrected chi connectivity index (χ2v) is 12.2. The highest BCUT2D eigenvalue weighted by Gasteiger charge is 2.28. The summed E-state index contributed by atoms with van der Waals surface area (Å²) in [5.41, 5.74) is 9.33. The van der Waals surface area contributed by atoms with Crippen molar-refractivity contribution in [1.29, 1.82) is 0 Å². The molecule has 1 unspecified atom stereocenters. The number of aliphatic hydroxyl groups is 1. The number of aromatic nitrogens is 3. The molecule has 13 heteroatoms. The molecule has 43 heavy (non-hydrogen) atoms. The van der Waals surface area contributed by atoms with Crippen LogP contribution in [-0.4, -0.2) is 108 Å². The summed E-state index contributed by atoms with van der Waals surface area (Å²) >= 11 is 1.34. The highest BCUT2D eigenvalue weighted by Crippen LogP contribution is 2.36. The third kappa shape index (κ3) is 7.03. The van der Waals surface area contributed by atoms with E-state index in [-0.39, 0.29) is 11.7 Å². The molecule has 2 aromatic heterocycles. The molecule has 3 fully saturated rings. The Morgan fingerprint density at radius 1 is 1.02 bits per heavy atom. The molecule has 3 saturated heterocycles. The number of aliphatic hydroxyl groups excluding tert-OH is 1. The lowest BCUT2D eigenvalue weighted by molar-refractivity contribution is 0.0904. The van der Waals surface area contributed by atoms with Gasteiger partial charge in [-0.3, -0.25) is 4.90 Å². The van der Waals surface area contributed by atoms with E-state index in [0.29, 0.717) is 42.3 Å². The lowest BCUT2D eigenvalue weighted by Crippen LogP contribution is -2.52. The maximum atomic E-state index is 10.5. The molecule has 0 amide bonds. The van der Waals surface area contributed by atoms with E-state index >= 15 is 0 Å². The van der Waals surface area contributed by atoms with Crippen molar-refractivity contribution < 1.29 is 14.6 Å². The molecule has 5 heterocycles. The van der Waals surface area contributed by atoms with E-state index in [1.165, 1.54) is 11.5 Å². The predicted octanol–water partition coefficient (Wildman–Crippen LogP) is 3.11. The molecule has 3 aliphatic rings. The molecule has 12 nitrogen and oxygen atoms in total. The maximum absolute atomic E-state index is 10.5. The van der Waals surface area contributed by atoms with E-state index in [2.05, 4.69) is 42.8 Å². The lowest BCUT2D eigenvalue weighted by Gasteiger charge is -2.42. The molecule has 0 bridgehead atoms. The first-order valence-corrected chi connectivity index (χ1v) is 16.1. The zero-order valence-electron chi connectivity index (χ0n) is 25.0. The van der Waals surface area contributed by atoms with Crippen molar-refractivity contribution in [1.82, 2.24) is 24.1 Å². The first kappa shape index (κ1) is 30.0. The zero-order chi connectivity index (χ0) is 29.8. The Bertz CT molecular complexity index is 1340. The van der Waals surface area contributed by atoms with E-state index in [0.717, 1.165) is 82.1 Å². The maximum Gasteiger partial charge on any atom is 0.158 e. The minimum Gasteiger partial charge on any atom is -0.495 e. The van der Waals surface area contributed by atoms with Crippen LogP contribution in [-0.2, 0) is 4.74 Å². The van der Waals surface area contributed by atoms with Crippen LogP contribution in [0.3, 0.4) is 0 Å². The Hall–Kier alpha value is -3.07. The van der Waals surface area contributed by atoms with Gasteiger partial charge >= 0.3 is 0 Å². The Morgan fingerprint density at radius 2 is 1.79 bits per heavy atom. The number of anilines is 4. The largest absolute Gasteiger partial charge is 0.495 e. The van der Waals surface area contributed by atoms with Gasteiger partial charge in [-0.15, -0.1) is 0 Å². The number of hydrogen-bond acceptors (Lipinski definition) is 13. The van der Waals surface area contributed by atoms with Gasteiger partial charge in [0, 0.05) is 81.7 Å². The number of nitrogens with one attached hydrogen (secondary N) is 2. The summed E-state index contributed by atoms with van der Waals surface area (Å²) in [6, 6.07) is 8.80. The molecule has 0 radical (unpaired) electrons. The number of piperidine rings is 1. The number of nitrogens with zero attached hydrogens (tertiary/aromatic N) is 6. The molecule has 0 spiro atoms. The average Bonchev–Trinajstić information content (AvgIpc) is 3.57. The fourth-order valence-corrected chi connectivity index (χ4v) is 6.72. The third-order valence-corrected chi connectivity index (χ3v) is 9.31. The average molecular weight is 610 g/mol. The van der Waals surface area contributed by atoms with Crippen LogP contribution < -0.4 is 26.0 Å². The number of nitrogens with two attached hydrogens (primary N) is 1. The monoisotopic (exact) mass is 609 g/mol. The number of ether oxygens (including phenoxy) is 2. The quantitative estimate of drug-likeness (QED) is 0.265. The number of methoxy groups -OCH3 is 1. The normalized spacial score (nSPS) is 20.2. The molecule has 3 aromatic rings. The van der Waals surface area contributed by atoms with E-state index in [9.17, 15) is 5.11 Å². The van der Waals surface area contributed by atoms with Gasteiger partial charge in [0.05, 0.1) is 12.8 Å². The van der Waals surface area contributed by atoms with Gasteiger partial charge in [0.2, 0.25) is 0 Å². The molecule has 232 valence electrons. The van der Waals surface area contributed by atoms with Crippen molar-refractivity contribution in [3.63, 3.8) is 0 Å². The summed E-state index contributed by atoms with van der Waals surface area (Å²) in [7, 11) is 3.91. The van der Waals surface area contributed by atoms with Gasteiger partial charge in [-0.25, -0.2) is 9.97 Å². The van der Waals surface area contributed by atoms with Gasteiger partial charge in [-0.1, -0.05) is 0 Å². The van der Waals surface area contributed by atoms with Crippen LogP contribution in [0.2, 0.25) is 0 Å². The zero-order valence-corrected chi connectivity index (χ0v) is 25.9. The molecule has 3 aliphatic heterocycles. The predicted molar refractivity (Wildman–Crippen MR) is 170 cm³/mol. The van der Waals surface area contributed by atoms with Crippen LogP contribution >= 0.6 is 11.5 Å². The summed E-state index contributed by atoms with van der Waals surface area (Å²) < 4.78 is 15.9. The summed E-state index contributed by atoms with van der Waals surface area (Å²) in [6.45, 7) is 7.99. The fraction of sp³-hybridized carbons (Fsp3) is 0.567. The minimum atomic E-state index is -1.33. The van der Waals surface area contributed by atoms with Crippen LogP contribution in [0, 0.1) is 0 Å². The van der Waals surface area contributed by atoms with Crippen molar-refractivity contribution in [2.24, 2.45) is 5.73 Å². The van der Waals surface area contributed by atoms with Crippen LogP contribution in [0.4, 0.5) is 23.0 Å². The van der Waals surface area contributed by atoms with Crippen molar-refractivity contribution >= 4 is 34.5 Å². The van der Waals surface area contributed by atoms with E-state index in [1.807, 2.05) is 23.6 Å². The SMILES string of the molecule is COc1cc(Nc2nc(NC3CCOCC3)c(-c3ccsn3)nc2C(N)O)ccc1N1CCC(N2CCN(C)CC2)CC1. The number of hydrogen-bond donors (Lipinski definition) is 4. The van der Waals surface area contributed by atoms with Crippen molar-refractivity contribution in [2.45, 2.75) is 44.0 Å². The van der Waals surface area contributed by atoms with Crippen LogP contribution in [0.25, 0.3) is 11.4 Å². The molecule has 5 N–H and O–H groups in total. The number of piperazine rings is 1. The van der Waals surface area contributed by atoms with E-state index in [1.54, 1.807) is 7.11 Å². The Balaban J connectivity index is 1.21. The van der Waals surface area contributed by atoms with E-state index < -0.39 is 6.23 Å². The summed E-state index contributed by atoms with van der Waals surface area (Å²) in [5.74, 6) is 1.76. The number of rotatable bonds is 9. The minimum absolute atomic E-state index is 0.196. The topological polar surface area (TPSA) is 137 Å². The molecule has 1 atom stereocenters. The Morgan fingerprint density at radius 3 is 2.47 bits per heavy atom. The third-order valence-electron chi connectivity index (χ3n) is 8.75. The summed E-state index contributed by atoms with van der Waals surface area (Å²) in [5, 5.41) is 19.3. The van der Waals surface area contributed by atoms with Gasteiger partial charge in [0.25, 0.3) is 0 Å². The summed E-state index contributed by atoms with van der Waals surface area (Å²) in [6.07, 6.45) is 2.71.